The van der Waals surface area contributed by atoms with Crippen molar-refractivity contribution < 1.29 is 24.2 Å². The number of carboxylic acids is 1. The van der Waals surface area contributed by atoms with Crippen LogP contribution in [0.3, 0.4) is 0 Å². The van der Waals surface area contributed by atoms with Crippen molar-refractivity contribution in [2.24, 2.45) is 0 Å². The highest BCUT2D eigenvalue weighted by molar-refractivity contribution is 6.32. The standard InChI is InChI=1S/C20H16Cl2N2O5/c1-2-28-17-9-12(8-16(22)19(17)29-11-18(25)26)7-13(10-23)20(27)24-15-5-3-14(21)4-6-15/h3-9H,2,11H2,1H3,(H,24,27)(H,25,26)/b13-7+. The number of aliphatic carboxylic acids is 1. The number of ether oxygens (including phenoxy) is 2. The molecule has 2 rings (SSSR count). The smallest absolute Gasteiger partial charge is 0.341 e. The van der Waals surface area contributed by atoms with Gasteiger partial charge in [0.1, 0.15) is 11.6 Å². The number of rotatable bonds is 8. The molecule has 0 aliphatic carbocycles. The zero-order valence-electron chi connectivity index (χ0n) is 15.2. The van der Waals surface area contributed by atoms with Crippen LogP contribution in [0.1, 0.15) is 12.5 Å². The van der Waals surface area contributed by atoms with Crippen molar-refractivity contribution in [1.82, 2.24) is 0 Å². The van der Waals surface area contributed by atoms with Gasteiger partial charge in [-0.2, -0.15) is 5.26 Å². The second-order valence-corrected chi connectivity index (χ2v) is 6.42. The Bertz CT molecular complexity index is 982. The first-order valence-corrected chi connectivity index (χ1v) is 9.09. The third-order valence-corrected chi connectivity index (χ3v) is 3.98. The minimum absolute atomic E-state index is 0.0668. The van der Waals surface area contributed by atoms with E-state index in [1.807, 2.05) is 6.07 Å². The Labute approximate surface area is 177 Å². The van der Waals surface area contributed by atoms with Gasteiger partial charge in [-0.25, -0.2) is 4.79 Å². The van der Waals surface area contributed by atoms with Crippen molar-refractivity contribution in [3.05, 3.63) is 57.6 Å². The first-order chi connectivity index (χ1) is 13.8. The Hall–Kier alpha value is -3.21. The van der Waals surface area contributed by atoms with Crippen molar-refractivity contribution in [3.8, 4) is 17.6 Å². The Morgan fingerprint density at radius 3 is 2.48 bits per heavy atom. The number of nitriles is 1. The number of amides is 1. The van der Waals surface area contributed by atoms with Gasteiger partial charge < -0.3 is 19.9 Å². The van der Waals surface area contributed by atoms with Crippen LogP contribution in [-0.4, -0.2) is 30.2 Å². The monoisotopic (exact) mass is 434 g/mol. The van der Waals surface area contributed by atoms with Crippen LogP contribution >= 0.6 is 23.2 Å². The summed E-state index contributed by atoms with van der Waals surface area (Å²) in [7, 11) is 0. The number of hydrogen-bond donors (Lipinski definition) is 2. The first-order valence-electron chi connectivity index (χ1n) is 8.33. The number of hydrogen-bond acceptors (Lipinski definition) is 5. The fraction of sp³-hybridized carbons (Fsp3) is 0.150. The lowest BCUT2D eigenvalue weighted by Gasteiger charge is -2.13. The predicted molar refractivity (Wildman–Crippen MR) is 109 cm³/mol. The van der Waals surface area contributed by atoms with E-state index in [1.54, 1.807) is 31.2 Å². The minimum Gasteiger partial charge on any atom is -0.490 e. The van der Waals surface area contributed by atoms with E-state index in [-0.39, 0.29) is 28.7 Å². The first kappa shape index (κ1) is 22.1. The molecule has 0 radical (unpaired) electrons. The van der Waals surface area contributed by atoms with Crippen LogP contribution in [0, 0.1) is 11.3 Å². The third kappa shape index (κ3) is 6.42. The molecular formula is C20H16Cl2N2O5. The quantitative estimate of drug-likeness (QED) is 0.470. The molecule has 29 heavy (non-hydrogen) atoms. The summed E-state index contributed by atoms with van der Waals surface area (Å²) < 4.78 is 10.6. The molecule has 0 spiro atoms. The number of anilines is 1. The molecule has 0 atom stereocenters. The number of nitrogens with zero attached hydrogens (tertiary/aromatic N) is 1. The van der Waals surface area contributed by atoms with E-state index in [4.69, 9.17) is 37.8 Å². The second-order valence-electron chi connectivity index (χ2n) is 5.58. The van der Waals surface area contributed by atoms with Crippen LogP contribution in [-0.2, 0) is 9.59 Å². The van der Waals surface area contributed by atoms with Gasteiger partial charge in [0.15, 0.2) is 18.1 Å². The summed E-state index contributed by atoms with van der Waals surface area (Å²) in [5.74, 6) is -1.52. The van der Waals surface area contributed by atoms with E-state index in [1.165, 1.54) is 18.2 Å². The van der Waals surface area contributed by atoms with Gasteiger partial charge in [0.25, 0.3) is 5.91 Å². The fourth-order valence-electron chi connectivity index (χ4n) is 2.26. The van der Waals surface area contributed by atoms with E-state index in [0.29, 0.717) is 16.3 Å². The summed E-state index contributed by atoms with van der Waals surface area (Å²) in [6.45, 7) is 1.41. The average Bonchev–Trinajstić information content (AvgIpc) is 2.67. The maximum Gasteiger partial charge on any atom is 0.341 e. The molecule has 9 heteroatoms. The summed E-state index contributed by atoms with van der Waals surface area (Å²) >= 11 is 12.0. The molecule has 0 saturated carbocycles. The van der Waals surface area contributed by atoms with Crippen LogP contribution in [0.5, 0.6) is 11.5 Å². The molecule has 0 aliphatic rings. The van der Waals surface area contributed by atoms with E-state index in [2.05, 4.69) is 5.32 Å². The summed E-state index contributed by atoms with van der Waals surface area (Å²) in [5.41, 5.74) is 0.715. The zero-order chi connectivity index (χ0) is 21.4. The average molecular weight is 435 g/mol. The van der Waals surface area contributed by atoms with Gasteiger partial charge in [-0.15, -0.1) is 0 Å². The topological polar surface area (TPSA) is 109 Å². The number of nitrogens with one attached hydrogen (secondary N) is 1. The lowest BCUT2D eigenvalue weighted by Crippen LogP contribution is -2.13. The maximum atomic E-state index is 12.4. The molecule has 1 amide bonds. The van der Waals surface area contributed by atoms with Gasteiger partial charge in [0.2, 0.25) is 0 Å². The summed E-state index contributed by atoms with van der Waals surface area (Å²) in [4.78, 5) is 23.1. The van der Waals surface area contributed by atoms with Crippen molar-refractivity contribution in [2.75, 3.05) is 18.5 Å². The van der Waals surface area contributed by atoms with Gasteiger partial charge in [-0.05, 0) is 55.0 Å². The van der Waals surface area contributed by atoms with Crippen LogP contribution < -0.4 is 14.8 Å². The van der Waals surface area contributed by atoms with Crippen molar-refractivity contribution in [1.29, 1.82) is 5.26 Å². The van der Waals surface area contributed by atoms with Crippen molar-refractivity contribution in [3.63, 3.8) is 0 Å². The molecule has 2 aromatic carbocycles. The summed E-state index contributed by atoms with van der Waals surface area (Å²) in [6.07, 6.45) is 1.33. The molecule has 2 aromatic rings. The number of halogens is 2. The van der Waals surface area contributed by atoms with Crippen molar-refractivity contribution in [2.45, 2.75) is 6.92 Å². The van der Waals surface area contributed by atoms with E-state index >= 15 is 0 Å². The van der Waals surface area contributed by atoms with Crippen LogP contribution in [0.2, 0.25) is 10.0 Å². The second kappa shape index (κ2) is 10.4. The highest BCUT2D eigenvalue weighted by Gasteiger charge is 2.15. The van der Waals surface area contributed by atoms with Crippen LogP contribution in [0.15, 0.2) is 42.0 Å². The molecule has 2 N–H and O–H groups in total. The molecule has 0 bridgehead atoms. The molecule has 150 valence electrons. The van der Waals surface area contributed by atoms with Gasteiger partial charge in [-0.3, -0.25) is 4.79 Å². The molecule has 0 heterocycles. The van der Waals surface area contributed by atoms with Crippen LogP contribution in [0.4, 0.5) is 5.69 Å². The largest absolute Gasteiger partial charge is 0.490 e. The molecule has 0 unspecified atom stereocenters. The Balaban J connectivity index is 2.31. The Kier molecular flexibility index (Phi) is 7.89. The van der Waals surface area contributed by atoms with Gasteiger partial charge >= 0.3 is 5.97 Å². The SMILES string of the molecule is CCOc1cc(/C=C(\C#N)C(=O)Nc2ccc(Cl)cc2)cc(Cl)c1OCC(=O)O. The zero-order valence-corrected chi connectivity index (χ0v) is 16.8. The summed E-state index contributed by atoms with van der Waals surface area (Å²) in [6, 6.07) is 11.2. The van der Waals surface area contributed by atoms with E-state index in [0.717, 1.165) is 0 Å². The third-order valence-electron chi connectivity index (χ3n) is 3.45. The molecular weight excluding hydrogens is 419 g/mol. The maximum absolute atomic E-state index is 12.4. The molecule has 0 fully saturated rings. The molecule has 7 nitrogen and oxygen atoms in total. The minimum atomic E-state index is -1.17. The van der Waals surface area contributed by atoms with E-state index in [9.17, 15) is 14.9 Å². The van der Waals surface area contributed by atoms with Crippen LogP contribution in [0.25, 0.3) is 6.08 Å². The van der Waals surface area contributed by atoms with Gasteiger partial charge in [-0.1, -0.05) is 23.2 Å². The van der Waals surface area contributed by atoms with E-state index < -0.39 is 18.5 Å². The highest BCUT2D eigenvalue weighted by atomic mass is 35.5. The fourth-order valence-corrected chi connectivity index (χ4v) is 2.65. The Morgan fingerprint density at radius 1 is 1.21 bits per heavy atom. The normalized spacial score (nSPS) is 10.8. The number of carboxylic acid groups (broad SMARTS) is 1. The Morgan fingerprint density at radius 2 is 1.90 bits per heavy atom. The van der Waals surface area contributed by atoms with Crippen molar-refractivity contribution >= 4 is 46.8 Å². The lowest BCUT2D eigenvalue weighted by atomic mass is 10.1. The van der Waals surface area contributed by atoms with Gasteiger partial charge in [0, 0.05) is 10.7 Å². The summed E-state index contributed by atoms with van der Waals surface area (Å²) in [5, 5.41) is 21.3. The number of carbonyl (C=O) groups excluding carboxylic acids is 1. The number of benzene rings is 2. The molecule has 0 saturated heterocycles. The highest BCUT2D eigenvalue weighted by Crippen LogP contribution is 2.37. The van der Waals surface area contributed by atoms with Gasteiger partial charge in [0.05, 0.1) is 11.6 Å². The molecule has 0 aromatic heterocycles. The lowest BCUT2D eigenvalue weighted by molar-refractivity contribution is -0.139. The predicted octanol–water partition coefficient (Wildman–Crippen LogP) is 4.40. The molecule has 0 aliphatic heterocycles. The number of carbonyl (C=O) groups is 2.